The maximum Gasteiger partial charge on any atom is 0.306 e. The summed E-state index contributed by atoms with van der Waals surface area (Å²) in [4.78, 5) is 30.3. The number of carbonyl (C=O) groups is 2. The summed E-state index contributed by atoms with van der Waals surface area (Å²) in [5.41, 5.74) is -0.168. The van der Waals surface area contributed by atoms with E-state index < -0.39 is 0 Å². The number of hydrogen-bond acceptors (Lipinski definition) is 6. The van der Waals surface area contributed by atoms with Gasteiger partial charge in [0, 0.05) is 31.3 Å². The summed E-state index contributed by atoms with van der Waals surface area (Å²) in [6.07, 6.45) is 1.27. The van der Waals surface area contributed by atoms with Gasteiger partial charge in [-0.1, -0.05) is 53.6 Å². The zero-order chi connectivity index (χ0) is 20.6. The Morgan fingerprint density at radius 1 is 1.11 bits per heavy atom. The van der Waals surface area contributed by atoms with Crippen molar-refractivity contribution in [1.29, 1.82) is 0 Å². The molecule has 0 N–H and O–H groups in total. The molecule has 27 heavy (non-hydrogen) atoms. The van der Waals surface area contributed by atoms with Crippen LogP contribution in [0.5, 0.6) is 0 Å². The summed E-state index contributed by atoms with van der Waals surface area (Å²) >= 11 is 0. The van der Waals surface area contributed by atoms with E-state index in [4.69, 9.17) is 9.26 Å². The second kappa shape index (κ2) is 10.4. The van der Waals surface area contributed by atoms with Crippen molar-refractivity contribution in [3.63, 3.8) is 0 Å². The Labute approximate surface area is 162 Å². The van der Waals surface area contributed by atoms with Gasteiger partial charge in [-0.2, -0.15) is 4.98 Å². The molecule has 0 bridgehead atoms. The van der Waals surface area contributed by atoms with Gasteiger partial charge in [-0.25, -0.2) is 0 Å². The predicted octanol–water partition coefficient (Wildman–Crippen LogP) is 3.37. The van der Waals surface area contributed by atoms with Crippen LogP contribution in [-0.2, 0) is 26.2 Å². The Morgan fingerprint density at radius 3 is 2.19 bits per heavy atom. The summed E-state index contributed by atoms with van der Waals surface area (Å²) in [7, 11) is 0. The zero-order valence-corrected chi connectivity index (χ0v) is 17.9. The van der Waals surface area contributed by atoms with E-state index >= 15 is 0 Å². The Bertz CT molecular complexity index is 593. The number of aromatic nitrogens is 2. The van der Waals surface area contributed by atoms with E-state index in [2.05, 4.69) is 37.8 Å². The van der Waals surface area contributed by atoms with Crippen molar-refractivity contribution in [1.82, 2.24) is 15.0 Å². The van der Waals surface area contributed by atoms with Gasteiger partial charge in [0.05, 0.1) is 0 Å². The molecular weight excluding hydrogens is 346 g/mol. The van der Waals surface area contributed by atoms with Gasteiger partial charge >= 0.3 is 5.97 Å². The second-order valence-electron chi connectivity index (χ2n) is 8.86. The molecular formula is C20H35N3O4. The molecule has 7 nitrogen and oxygen atoms in total. The first-order valence-corrected chi connectivity index (χ1v) is 9.75. The Kier molecular flexibility index (Phi) is 8.93. The highest BCUT2D eigenvalue weighted by atomic mass is 16.5. The van der Waals surface area contributed by atoms with Crippen molar-refractivity contribution in [2.45, 2.75) is 73.1 Å². The van der Waals surface area contributed by atoms with Crippen LogP contribution in [0.4, 0.5) is 0 Å². The smallest absolute Gasteiger partial charge is 0.306 e. The van der Waals surface area contributed by atoms with E-state index in [0.29, 0.717) is 49.5 Å². The van der Waals surface area contributed by atoms with Crippen molar-refractivity contribution < 1.29 is 18.8 Å². The van der Waals surface area contributed by atoms with Crippen LogP contribution in [0, 0.1) is 11.8 Å². The van der Waals surface area contributed by atoms with Crippen LogP contribution in [0.2, 0.25) is 0 Å². The van der Waals surface area contributed by atoms with E-state index in [1.807, 2.05) is 20.8 Å². The minimum Gasteiger partial charge on any atom is -0.456 e. The molecule has 7 heteroatoms. The number of aryl methyl sites for hydroxylation is 1. The van der Waals surface area contributed by atoms with Gasteiger partial charge in [-0.05, 0) is 18.3 Å². The Hall–Kier alpha value is -1.92. The largest absolute Gasteiger partial charge is 0.456 e. The molecule has 0 aliphatic rings. The maximum atomic E-state index is 12.3. The standard InChI is InChI=1S/C20H35N3O4/c1-14(2)11-23(12-15(3)4)17(24)13-26-18(25)10-8-9-16-21-19(22-27-16)20(5,6)7/h14-15H,8-13H2,1-7H3. The lowest BCUT2D eigenvalue weighted by molar-refractivity contribution is -0.152. The lowest BCUT2D eigenvalue weighted by Crippen LogP contribution is -2.39. The molecule has 0 aliphatic carbocycles. The zero-order valence-electron chi connectivity index (χ0n) is 17.9. The average Bonchev–Trinajstić information content (AvgIpc) is 3.00. The summed E-state index contributed by atoms with van der Waals surface area (Å²) in [5, 5.41) is 3.96. The molecule has 1 aromatic rings. The molecule has 0 spiro atoms. The first kappa shape index (κ1) is 23.1. The van der Waals surface area contributed by atoms with Crippen LogP contribution in [0.15, 0.2) is 4.52 Å². The minimum absolute atomic E-state index is 0.141. The molecule has 0 radical (unpaired) electrons. The fourth-order valence-electron chi connectivity index (χ4n) is 2.51. The number of hydrogen-bond donors (Lipinski definition) is 0. The molecule has 0 fully saturated rings. The second-order valence-corrected chi connectivity index (χ2v) is 8.86. The lowest BCUT2D eigenvalue weighted by atomic mass is 9.96. The highest BCUT2D eigenvalue weighted by molar-refractivity contribution is 5.80. The van der Waals surface area contributed by atoms with Crippen LogP contribution in [0.3, 0.4) is 0 Å². The number of carbonyl (C=O) groups excluding carboxylic acids is 2. The van der Waals surface area contributed by atoms with Gasteiger partial charge in [0.2, 0.25) is 5.89 Å². The van der Waals surface area contributed by atoms with E-state index in [1.54, 1.807) is 4.90 Å². The third kappa shape index (κ3) is 9.02. The average molecular weight is 382 g/mol. The third-order valence-corrected chi connectivity index (χ3v) is 3.79. The molecule has 1 heterocycles. The molecule has 0 aliphatic heterocycles. The highest BCUT2D eigenvalue weighted by Gasteiger charge is 2.21. The summed E-state index contributed by atoms with van der Waals surface area (Å²) in [6, 6.07) is 0. The van der Waals surface area contributed by atoms with Crippen LogP contribution in [0.1, 0.15) is 73.0 Å². The Balaban J connectivity index is 2.37. The van der Waals surface area contributed by atoms with Gasteiger partial charge in [0.25, 0.3) is 5.91 Å². The molecule has 1 amide bonds. The first-order chi connectivity index (χ1) is 12.5. The minimum atomic E-state index is -0.382. The number of amides is 1. The van der Waals surface area contributed by atoms with E-state index in [9.17, 15) is 9.59 Å². The fraction of sp³-hybridized carbons (Fsp3) is 0.800. The van der Waals surface area contributed by atoms with Crippen molar-refractivity contribution in [3.05, 3.63) is 11.7 Å². The molecule has 0 unspecified atom stereocenters. The van der Waals surface area contributed by atoms with E-state index in [1.165, 1.54) is 0 Å². The van der Waals surface area contributed by atoms with Crippen LogP contribution in [-0.4, -0.2) is 46.6 Å². The van der Waals surface area contributed by atoms with Crippen molar-refractivity contribution in [2.24, 2.45) is 11.8 Å². The predicted molar refractivity (Wildman–Crippen MR) is 103 cm³/mol. The van der Waals surface area contributed by atoms with Crippen molar-refractivity contribution >= 4 is 11.9 Å². The fourth-order valence-corrected chi connectivity index (χ4v) is 2.51. The number of nitrogens with zero attached hydrogens (tertiary/aromatic N) is 3. The molecule has 0 saturated heterocycles. The molecule has 0 atom stereocenters. The number of rotatable bonds is 10. The molecule has 0 saturated carbocycles. The SMILES string of the molecule is CC(C)CN(CC(C)C)C(=O)COC(=O)CCCc1nc(C(C)(C)C)no1. The van der Waals surface area contributed by atoms with E-state index in [-0.39, 0.29) is 30.3 Å². The molecule has 1 rings (SSSR count). The first-order valence-electron chi connectivity index (χ1n) is 9.75. The van der Waals surface area contributed by atoms with Crippen molar-refractivity contribution in [3.8, 4) is 0 Å². The summed E-state index contributed by atoms with van der Waals surface area (Å²) < 4.78 is 10.4. The summed E-state index contributed by atoms with van der Waals surface area (Å²) in [6.45, 7) is 15.4. The van der Waals surface area contributed by atoms with Gasteiger partial charge in [-0.3, -0.25) is 9.59 Å². The highest BCUT2D eigenvalue weighted by Crippen LogP contribution is 2.19. The van der Waals surface area contributed by atoms with Gasteiger partial charge in [0.15, 0.2) is 12.4 Å². The Morgan fingerprint density at radius 2 is 1.70 bits per heavy atom. The maximum absolute atomic E-state index is 12.3. The van der Waals surface area contributed by atoms with Crippen LogP contribution in [0.25, 0.3) is 0 Å². The monoisotopic (exact) mass is 381 g/mol. The summed E-state index contributed by atoms with van der Waals surface area (Å²) in [5.74, 6) is 1.39. The third-order valence-electron chi connectivity index (χ3n) is 3.79. The number of esters is 1. The normalized spacial score (nSPS) is 11.9. The lowest BCUT2D eigenvalue weighted by Gasteiger charge is -2.26. The molecule has 1 aromatic heterocycles. The van der Waals surface area contributed by atoms with Crippen LogP contribution < -0.4 is 0 Å². The van der Waals surface area contributed by atoms with Gasteiger partial charge in [-0.15, -0.1) is 0 Å². The quantitative estimate of drug-likeness (QED) is 0.578. The number of ether oxygens (including phenoxy) is 1. The topological polar surface area (TPSA) is 85.5 Å². The van der Waals surface area contributed by atoms with Gasteiger partial charge < -0.3 is 14.2 Å². The van der Waals surface area contributed by atoms with E-state index in [0.717, 1.165) is 0 Å². The molecule has 0 aromatic carbocycles. The molecule has 154 valence electrons. The van der Waals surface area contributed by atoms with Gasteiger partial charge in [0.1, 0.15) is 0 Å². The van der Waals surface area contributed by atoms with Crippen molar-refractivity contribution in [2.75, 3.05) is 19.7 Å². The van der Waals surface area contributed by atoms with Crippen LogP contribution >= 0.6 is 0 Å².